The van der Waals surface area contributed by atoms with Crippen molar-refractivity contribution in [1.82, 2.24) is 15.0 Å². The van der Waals surface area contributed by atoms with Crippen molar-refractivity contribution in [2.24, 2.45) is 0 Å². The number of methoxy groups -OCH3 is 6. The third-order valence-electron chi connectivity index (χ3n) is 21.1. The molecule has 141 heavy (non-hydrogen) atoms. The standard InChI is InChI=1S/C28H32N2O8.C24H28N2O4.C18H25NO8.C18H27NO6.C10H7NO3.2CH4O.CH4.K.H2O/c1-27(2,3)18-12-19(28(4,5)15-37-25(33)35-6)22(38-26(34)36-7)13-21(18)30-24(32)17-14-29-20-11-9-8-10-16(20)23(17)31;1-23(2,3)16-10-17(24(4,5)13-27)20(28)11-19(16)26-22(30)15-12-25-18-9-7-6-8-14(18)21(15)29;1-17(2,3)11-8-12(18(4,5)10-26-15(20)24-6)14(27-16(21)25-7)9-13(11)19(22)23;1-17(2,3)11-8-12(18(4,5)10-24-15(20)22-6)14(9-13(11)19)25-16(21)23-7;12-9-6-3-1-2-4-8(6)11-5-7(9)10(13)14;2*1-2;;;/h8-14H,15H2,1-7H3,(H,29,31)(H,30,32);6-12,27-28H,13H2,1-5H3,(H,25,29)(H,26,30);8-9H,10H2,1-7H3;8-9H,10,19H2,1-7H3;1-5H,(H,11,12)(H,13,14);2*2H,1H3;1H4;;1H2/q;;;;;;;;+1;/p-1. The number of nitrogens with zero attached hydrogens (tertiary/aromatic N) is 1. The molecule has 13 N–H and O–H groups in total. The van der Waals surface area contributed by atoms with E-state index in [2.05, 4.69) is 54.0 Å². The van der Waals surface area contributed by atoms with Gasteiger partial charge in [0.1, 0.15) is 59.5 Å². The van der Waals surface area contributed by atoms with E-state index in [0.29, 0.717) is 83.2 Å². The third-order valence-corrected chi connectivity index (χ3v) is 21.1. The van der Waals surface area contributed by atoms with E-state index in [4.69, 9.17) is 49.5 Å². The van der Waals surface area contributed by atoms with Crippen molar-refractivity contribution < 1.29 is 187 Å². The summed E-state index contributed by atoms with van der Waals surface area (Å²) in [7, 11) is 9.15. The average Bonchev–Trinajstić information content (AvgIpc) is 0.739. The number of H-pyrrole nitrogens is 3. The number of carboxylic acid groups (broad SMARTS) is 1. The first-order valence-electron chi connectivity index (χ1n) is 42.6. The number of aliphatic hydroxyl groups excluding tert-OH is 3. The Morgan fingerprint density at radius 2 is 0.667 bits per heavy atom. The summed E-state index contributed by atoms with van der Waals surface area (Å²) < 4.78 is 58.4. The van der Waals surface area contributed by atoms with E-state index in [1.807, 2.05) is 129 Å². The monoisotopic (exact) mass is 1990 g/mol. The molecular weight excluding hydrogens is 1860 g/mol. The van der Waals surface area contributed by atoms with Crippen LogP contribution < -0.4 is 98.2 Å². The molecule has 2 amide bonds. The number of aromatic nitrogens is 3. The van der Waals surface area contributed by atoms with E-state index in [-0.39, 0.29) is 152 Å². The number of anilines is 3. The number of phenolic OH excluding ortho intramolecular Hbond substituents is 1. The molecule has 0 saturated heterocycles. The predicted octanol–water partition coefficient (Wildman–Crippen LogP) is 15.1. The van der Waals surface area contributed by atoms with Crippen LogP contribution in [0.2, 0.25) is 0 Å². The van der Waals surface area contributed by atoms with Gasteiger partial charge < -0.3 is 119 Å². The number of nitrogens with one attached hydrogen (secondary N) is 5. The second kappa shape index (κ2) is 53.9. The van der Waals surface area contributed by atoms with Gasteiger partial charge in [0.15, 0.2) is 0 Å². The van der Waals surface area contributed by atoms with Gasteiger partial charge in [0.2, 0.25) is 16.3 Å². The van der Waals surface area contributed by atoms with Crippen LogP contribution in [0.4, 0.5) is 51.5 Å². The van der Waals surface area contributed by atoms with Gasteiger partial charge in [-0.1, -0.05) is 182 Å². The van der Waals surface area contributed by atoms with Gasteiger partial charge in [0.25, 0.3) is 17.5 Å². The Balaban J connectivity index is 0.000000889. The number of ether oxygens (including phenoxy) is 12. The number of fused-ring (bicyclic) bond motifs is 3. The molecule has 0 fully saturated rings. The van der Waals surface area contributed by atoms with E-state index >= 15 is 0 Å². The molecule has 0 aliphatic carbocycles. The fraction of sp³-hybridized carbons (Fsp3) is 0.406. The molecule has 0 saturated carbocycles. The van der Waals surface area contributed by atoms with Crippen LogP contribution in [0.15, 0.2) is 154 Å². The number of carbonyl (C=O) groups is 9. The van der Waals surface area contributed by atoms with E-state index in [1.54, 1.807) is 113 Å². The largest absolute Gasteiger partial charge is 1.00 e. The summed E-state index contributed by atoms with van der Waals surface area (Å²) in [6.45, 7) is 37.6. The maximum absolute atomic E-state index is 13.3. The Kier molecular flexibility index (Phi) is 48.0. The molecule has 3 aromatic heterocycles. The molecule has 40 heteroatoms. The number of aromatic amines is 3. The summed E-state index contributed by atoms with van der Waals surface area (Å²) in [6.07, 6.45) is -1.35. The van der Waals surface area contributed by atoms with E-state index in [0.717, 1.165) is 32.5 Å². The number of rotatable bonds is 20. The number of para-hydroxylation sites is 3. The second-order valence-corrected chi connectivity index (χ2v) is 37.4. The summed E-state index contributed by atoms with van der Waals surface area (Å²) in [5, 5.41) is 61.4. The van der Waals surface area contributed by atoms with Gasteiger partial charge in [-0.15, -0.1) is 0 Å². The van der Waals surface area contributed by atoms with Crippen molar-refractivity contribution in [3.63, 3.8) is 0 Å². The first kappa shape index (κ1) is 126. The number of nitro groups is 1. The predicted molar refractivity (Wildman–Crippen MR) is 528 cm³/mol. The number of carbonyl (C=O) groups excluding carboxylic acids is 8. The van der Waals surface area contributed by atoms with Crippen molar-refractivity contribution in [3.8, 4) is 23.0 Å². The zero-order valence-corrected chi connectivity index (χ0v) is 87.6. The van der Waals surface area contributed by atoms with Gasteiger partial charge >= 0.3 is 94.3 Å². The molecule has 39 nitrogen and oxygen atoms in total. The molecule has 10 aromatic rings. The summed E-state index contributed by atoms with van der Waals surface area (Å²) in [5.41, 5.74) is 8.04. The Bertz CT molecular complexity index is 6250. The molecule has 0 spiro atoms. The fourth-order valence-electron chi connectivity index (χ4n) is 13.5. The van der Waals surface area contributed by atoms with Crippen LogP contribution in [-0.2, 0) is 86.0 Å². The Labute approximate surface area is 860 Å². The number of aliphatic hydroxyl groups is 3. The van der Waals surface area contributed by atoms with Crippen LogP contribution in [0.25, 0.3) is 32.7 Å². The number of hydrogen-bond acceptors (Lipinski definition) is 32. The molecule has 3 heterocycles. The second-order valence-electron chi connectivity index (χ2n) is 37.4. The zero-order chi connectivity index (χ0) is 105. The normalized spacial score (nSPS) is 11.1. The topological polar surface area (TPSA) is 587 Å². The molecular formula is C101H132KN7O32. The number of pyridine rings is 3. The van der Waals surface area contributed by atoms with Crippen molar-refractivity contribution in [2.75, 3.05) is 99.7 Å². The molecule has 0 aliphatic heterocycles. The summed E-state index contributed by atoms with van der Waals surface area (Å²) in [4.78, 5) is 164. The minimum atomic E-state index is -1.21. The number of carboxylic acids is 1. The molecule has 0 bridgehead atoms. The van der Waals surface area contributed by atoms with Gasteiger partial charge in [-0.3, -0.25) is 34.1 Å². The van der Waals surface area contributed by atoms with Gasteiger partial charge in [0.05, 0.1) is 60.3 Å². The number of benzene rings is 7. The Morgan fingerprint density at radius 1 is 0.390 bits per heavy atom. The fourth-order valence-corrected chi connectivity index (χ4v) is 13.5. The third kappa shape index (κ3) is 34.3. The van der Waals surface area contributed by atoms with Gasteiger partial charge in [0, 0.05) is 150 Å². The average molecular weight is 2000 g/mol. The van der Waals surface area contributed by atoms with Crippen LogP contribution in [0.5, 0.6) is 23.0 Å². The first-order valence-corrected chi connectivity index (χ1v) is 42.6. The van der Waals surface area contributed by atoms with Crippen molar-refractivity contribution in [1.29, 1.82) is 0 Å². The van der Waals surface area contributed by atoms with Crippen molar-refractivity contribution in [2.45, 2.75) is 189 Å². The number of aromatic carboxylic acids is 1. The minimum Gasteiger partial charge on any atom is -0.870 e. The van der Waals surface area contributed by atoms with E-state index in [9.17, 15) is 77.9 Å². The number of aromatic hydroxyl groups is 1. The number of amides is 2. The molecule has 0 atom stereocenters. The Morgan fingerprint density at radius 3 is 0.972 bits per heavy atom. The summed E-state index contributed by atoms with van der Waals surface area (Å²) in [6, 6.07) is 33.5. The number of nitrogens with two attached hydrogens (primary N) is 1. The van der Waals surface area contributed by atoms with Crippen LogP contribution in [0.1, 0.15) is 221 Å². The van der Waals surface area contributed by atoms with E-state index in [1.165, 1.54) is 72.3 Å². The maximum atomic E-state index is 13.3. The van der Waals surface area contributed by atoms with Gasteiger partial charge in [-0.05, 0) is 99.0 Å². The van der Waals surface area contributed by atoms with Crippen LogP contribution in [0.3, 0.4) is 0 Å². The molecule has 0 aliphatic rings. The quantitative estimate of drug-likeness (QED) is 0.00642. The van der Waals surface area contributed by atoms with E-state index < -0.39 is 103 Å². The number of nitro benzene ring substituents is 1. The Hall–Kier alpha value is -13.3. The molecule has 10 rings (SSSR count). The molecule has 7 aromatic carbocycles. The van der Waals surface area contributed by atoms with Gasteiger partial charge in [-0.2, -0.15) is 0 Å². The maximum Gasteiger partial charge on any atom is 1.00 e. The SMILES string of the molecule is C.CC(C)(C)c1cc(C(C)(C)CO)c(O)cc1NC(=O)c1c[nH]c2ccccc2c1=O.CO.CO.COC(=O)OCC(C)(C)c1cc(C(C)(C)C)c(N)cc1OC(=O)OC.COC(=O)OCC(C)(C)c1cc(C(C)(C)C)c(NC(=O)c2c[nH]c3ccccc3c2=O)cc1OC(=O)OC.COC(=O)OCC(C)(C)c1cc(C(C)(C)C)c([N+](=O)[O-])cc1OC(=O)OC.O=C(O)c1c[nH]c2ccccc2c1=O.[K+].[OH-]. The van der Waals surface area contributed by atoms with Gasteiger partial charge in [-0.25, -0.2) is 33.6 Å². The number of nitrogen functional groups attached to an aromatic ring is 1. The minimum absolute atomic E-state index is 0. The first-order chi connectivity index (χ1) is 64.2. The van der Waals surface area contributed by atoms with Crippen molar-refractivity contribution in [3.05, 3.63) is 242 Å². The number of phenols is 1. The van der Waals surface area contributed by atoms with Crippen LogP contribution >= 0.6 is 0 Å². The zero-order valence-electron chi connectivity index (χ0n) is 84.4. The van der Waals surface area contributed by atoms with Crippen molar-refractivity contribution >= 4 is 110 Å². The summed E-state index contributed by atoms with van der Waals surface area (Å²) >= 11 is 0. The molecule has 0 radical (unpaired) electrons. The van der Waals surface area contributed by atoms with Crippen LogP contribution in [0, 0.1) is 10.1 Å². The smallest absolute Gasteiger partial charge is 0.870 e. The molecule has 764 valence electrons. The number of hydrogen-bond donors (Lipinski definition) is 11. The molecule has 0 unspecified atom stereocenters. The summed E-state index contributed by atoms with van der Waals surface area (Å²) in [5.74, 6) is -2.11. The van der Waals surface area contributed by atoms with Crippen LogP contribution in [-0.4, -0.2) is 189 Å².